The van der Waals surface area contributed by atoms with Crippen molar-refractivity contribution in [2.45, 2.75) is 0 Å². The van der Waals surface area contributed by atoms with Crippen molar-refractivity contribution in [3.63, 3.8) is 0 Å². The maximum atomic E-state index is 10.7. The Kier molecular flexibility index (Phi) is 4.33. The molecule has 0 aliphatic rings. The average molecular weight is 409 g/mol. The molecule has 0 unspecified atom stereocenters. The van der Waals surface area contributed by atoms with Gasteiger partial charge in [-0.05, 0) is 31.9 Å². The summed E-state index contributed by atoms with van der Waals surface area (Å²) in [6.45, 7) is 0. The summed E-state index contributed by atoms with van der Waals surface area (Å²) >= 11 is 12.1. The quantitative estimate of drug-likeness (QED) is 0.428. The van der Waals surface area contributed by atoms with Crippen LogP contribution in [0.2, 0.25) is 5.15 Å². The number of hydrogen-bond acceptors (Lipinski definition) is 5. The van der Waals surface area contributed by atoms with E-state index >= 15 is 0 Å². The highest BCUT2D eigenvalue weighted by molar-refractivity contribution is 9.11. The van der Waals surface area contributed by atoms with Gasteiger partial charge in [0.2, 0.25) is 5.88 Å². The molecule has 0 amide bonds. The molecule has 1 aromatic heterocycles. The second-order valence-corrected chi connectivity index (χ2v) is 5.37. The largest absolute Gasteiger partial charge is 0.436 e. The van der Waals surface area contributed by atoms with E-state index in [2.05, 4.69) is 41.8 Å². The van der Waals surface area contributed by atoms with Crippen LogP contribution in [0.15, 0.2) is 33.5 Å². The average Bonchev–Trinajstić information content (AvgIpc) is 2.33. The monoisotopic (exact) mass is 407 g/mol. The van der Waals surface area contributed by atoms with E-state index in [-0.39, 0.29) is 16.7 Å². The maximum absolute atomic E-state index is 10.7. The van der Waals surface area contributed by atoms with Gasteiger partial charge in [-0.3, -0.25) is 10.1 Å². The summed E-state index contributed by atoms with van der Waals surface area (Å²) in [5, 5.41) is 10.9. The Morgan fingerprint density at radius 2 is 1.84 bits per heavy atom. The first-order chi connectivity index (χ1) is 8.97. The summed E-state index contributed by atoms with van der Waals surface area (Å²) in [5.41, 5.74) is -0.0631. The Hall–Kier alpha value is -1.25. The molecular formula is C10H4Br2ClN3O3. The van der Waals surface area contributed by atoms with Gasteiger partial charge in [-0.25, -0.2) is 9.97 Å². The van der Waals surface area contributed by atoms with E-state index in [1.165, 1.54) is 24.5 Å². The molecule has 19 heavy (non-hydrogen) atoms. The molecule has 0 spiro atoms. The van der Waals surface area contributed by atoms with Crippen molar-refractivity contribution in [3.8, 4) is 11.6 Å². The van der Waals surface area contributed by atoms with Gasteiger partial charge in [-0.15, -0.1) is 0 Å². The van der Waals surface area contributed by atoms with Crippen LogP contribution in [0.25, 0.3) is 0 Å². The van der Waals surface area contributed by atoms with Crippen LogP contribution in [0.1, 0.15) is 0 Å². The molecule has 0 bridgehead atoms. The molecule has 0 atom stereocenters. The predicted molar refractivity (Wildman–Crippen MR) is 75.6 cm³/mol. The summed E-state index contributed by atoms with van der Waals surface area (Å²) < 4.78 is 6.34. The molecule has 0 saturated heterocycles. The predicted octanol–water partition coefficient (Wildman–Crippen LogP) is 4.36. The molecule has 0 aliphatic heterocycles. The molecule has 2 aromatic rings. The van der Waals surface area contributed by atoms with Gasteiger partial charge >= 0.3 is 0 Å². The molecule has 0 N–H and O–H groups in total. The van der Waals surface area contributed by atoms with Crippen molar-refractivity contribution >= 4 is 49.1 Å². The molecule has 0 aliphatic carbocycles. The van der Waals surface area contributed by atoms with Crippen molar-refractivity contribution < 1.29 is 9.66 Å². The van der Waals surface area contributed by atoms with Crippen LogP contribution in [-0.4, -0.2) is 14.9 Å². The number of aromatic nitrogens is 2. The highest BCUT2D eigenvalue weighted by Gasteiger charge is 2.16. The standard InChI is InChI=1S/C10H4Br2ClN3O3/c11-6-1-5(16(17)18)2-7(12)10(6)19-9-3-8(13)14-4-15-9/h1-4H. The number of nitro groups is 1. The van der Waals surface area contributed by atoms with Crippen molar-refractivity contribution in [3.05, 3.63) is 48.7 Å². The Balaban J connectivity index is 2.38. The van der Waals surface area contributed by atoms with Crippen LogP contribution >= 0.6 is 43.5 Å². The lowest BCUT2D eigenvalue weighted by Gasteiger charge is -2.08. The summed E-state index contributed by atoms with van der Waals surface area (Å²) in [5.74, 6) is 0.593. The third kappa shape index (κ3) is 3.40. The van der Waals surface area contributed by atoms with E-state index < -0.39 is 4.92 Å². The molecule has 6 nitrogen and oxygen atoms in total. The van der Waals surface area contributed by atoms with Crippen LogP contribution in [0.4, 0.5) is 5.69 Å². The lowest BCUT2D eigenvalue weighted by molar-refractivity contribution is -0.385. The van der Waals surface area contributed by atoms with E-state index in [0.29, 0.717) is 14.7 Å². The number of non-ortho nitro benzene ring substituents is 1. The second kappa shape index (κ2) is 5.81. The second-order valence-electron chi connectivity index (χ2n) is 3.28. The van der Waals surface area contributed by atoms with Gasteiger partial charge in [0.15, 0.2) is 5.75 Å². The normalized spacial score (nSPS) is 10.3. The fourth-order valence-corrected chi connectivity index (χ4v) is 2.69. The van der Waals surface area contributed by atoms with Crippen molar-refractivity contribution in [2.75, 3.05) is 0 Å². The maximum Gasteiger partial charge on any atom is 0.271 e. The van der Waals surface area contributed by atoms with Crippen LogP contribution in [-0.2, 0) is 0 Å². The van der Waals surface area contributed by atoms with Crippen LogP contribution < -0.4 is 4.74 Å². The molecule has 0 radical (unpaired) electrons. The number of nitro benzene ring substituents is 1. The first-order valence-electron chi connectivity index (χ1n) is 4.76. The first kappa shape index (κ1) is 14.2. The van der Waals surface area contributed by atoms with Crippen LogP contribution in [0, 0.1) is 10.1 Å². The van der Waals surface area contributed by atoms with E-state index in [0.717, 1.165) is 0 Å². The molecule has 1 aromatic carbocycles. The van der Waals surface area contributed by atoms with Gasteiger partial charge in [0.25, 0.3) is 5.69 Å². The number of rotatable bonds is 3. The van der Waals surface area contributed by atoms with Crippen molar-refractivity contribution in [1.29, 1.82) is 0 Å². The first-order valence-corrected chi connectivity index (χ1v) is 6.72. The highest BCUT2D eigenvalue weighted by Crippen LogP contribution is 2.39. The van der Waals surface area contributed by atoms with Crippen LogP contribution in [0.5, 0.6) is 11.6 Å². The van der Waals surface area contributed by atoms with Crippen molar-refractivity contribution in [2.24, 2.45) is 0 Å². The minimum Gasteiger partial charge on any atom is -0.436 e. The zero-order valence-electron chi connectivity index (χ0n) is 9.01. The number of ether oxygens (including phenoxy) is 1. The van der Waals surface area contributed by atoms with Crippen molar-refractivity contribution in [1.82, 2.24) is 9.97 Å². The summed E-state index contributed by atoms with van der Waals surface area (Å²) in [4.78, 5) is 17.8. The molecule has 2 rings (SSSR count). The molecule has 1 heterocycles. The number of benzene rings is 1. The van der Waals surface area contributed by atoms with Crippen LogP contribution in [0.3, 0.4) is 0 Å². The van der Waals surface area contributed by atoms with Gasteiger partial charge < -0.3 is 4.74 Å². The Morgan fingerprint density at radius 1 is 1.21 bits per heavy atom. The van der Waals surface area contributed by atoms with Gasteiger partial charge in [0.05, 0.1) is 13.9 Å². The van der Waals surface area contributed by atoms with Gasteiger partial charge in [-0.2, -0.15) is 0 Å². The van der Waals surface area contributed by atoms with Gasteiger partial charge in [-0.1, -0.05) is 11.6 Å². The van der Waals surface area contributed by atoms with E-state index in [1.807, 2.05) is 0 Å². The molecular weight excluding hydrogens is 405 g/mol. The molecule has 0 fully saturated rings. The topological polar surface area (TPSA) is 78.2 Å². The summed E-state index contributed by atoms with van der Waals surface area (Å²) in [7, 11) is 0. The van der Waals surface area contributed by atoms with Gasteiger partial charge in [0, 0.05) is 18.2 Å². The third-order valence-electron chi connectivity index (χ3n) is 2.01. The Labute approximate surface area is 129 Å². The smallest absolute Gasteiger partial charge is 0.271 e. The minimum atomic E-state index is -0.499. The number of hydrogen-bond donors (Lipinski definition) is 0. The third-order valence-corrected chi connectivity index (χ3v) is 3.39. The SMILES string of the molecule is O=[N+]([O-])c1cc(Br)c(Oc2cc(Cl)ncn2)c(Br)c1. The highest BCUT2D eigenvalue weighted by atomic mass is 79.9. The van der Waals surface area contributed by atoms with Gasteiger partial charge in [0.1, 0.15) is 11.5 Å². The van der Waals surface area contributed by atoms with E-state index in [1.54, 1.807) is 0 Å². The molecule has 98 valence electrons. The van der Waals surface area contributed by atoms with E-state index in [9.17, 15) is 10.1 Å². The Morgan fingerprint density at radius 3 is 2.37 bits per heavy atom. The van der Waals surface area contributed by atoms with E-state index in [4.69, 9.17) is 16.3 Å². The fourth-order valence-electron chi connectivity index (χ4n) is 1.23. The molecule has 0 saturated carbocycles. The number of nitrogens with zero attached hydrogens (tertiary/aromatic N) is 3. The summed E-state index contributed by atoms with van der Waals surface area (Å²) in [6.07, 6.45) is 1.25. The lowest BCUT2D eigenvalue weighted by atomic mass is 10.3. The zero-order chi connectivity index (χ0) is 14.0. The zero-order valence-corrected chi connectivity index (χ0v) is 12.9. The minimum absolute atomic E-state index is 0.0631. The summed E-state index contributed by atoms with van der Waals surface area (Å²) in [6, 6.07) is 4.10. The lowest BCUT2D eigenvalue weighted by Crippen LogP contribution is -1.93. The molecule has 9 heteroatoms. The Bertz CT molecular complexity index is 631. The fraction of sp³-hybridized carbons (Fsp3) is 0. The number of halogens is 3.